The molecule has 5 rings (SSSR count). The van der Waals surface area contributed by atoms with Crippen LogP contribution in [0.4, 0.5) is 17.3 Å². The summed E-state index contributed by atoms with van der Waals surface area (Å²) in [5, 5.41) is 4.05. The summed E-state index contributed by atoms with van der Waals surface area (Å²) in [4.78, 5) is 39.7. The SMILES string of the molecule is CC(=O)c1c(C)c2cnc(Nc3ccc(N4CCN(C)CC4)cc3)nc2n(C2CCCC2)c1=O. The molecule has 0 atom stereocenters. The molecular formula is C26H32N6O2. The normalized spacial score (nSPS) is 17.4. The van der Waals surface area contributed by atoms with Gasteiger partial charge in [0.15, 0.2) is 5.78 Å². The lowest BCUT2D eigenvalue weighted by Gasteiger charge is -2.34. The first-order chi connectivity index (χ1) is 16.4. The summed E-state index contributed by atoms with van der Waals surface area (Å²) in [5.74, 6) is 0.236. The first kappa shape index (κ1) is 22.5. The van der Waals surface area contributed by atoms with Crippen LogP contribution in [0.15, 0.2) is 35.3 Å². The smallest absolute Gasteiger partial charge is 0.263 e. The minimum Gasteiger partial charge on any atom is -0.369 e. The summed E-state index contributed by atoms with van der Waals surface area (Å²) in [6.07, 6.45) is 5.75. The van der Waals surface area contributed by atoms with Crippen molar-refractivity contribution in [2.45, 2.75) is 45.6 Å². The number of nitrogens with zero attached hydrogens (tertiary/aromatic N) is 5. The minimum absolute atomic E-state index is 0.0688. The Morgan fingerprint density at radius 3 is 2.38 bits per heavy atom. The molecule has 0 spiro atoms. The number of rotatable bonds is 5. The average Bonchev–Trinajstić information content (AvgIpc) is 3.34. The number of aryl methyl sites for hydroxylation is 1. The molecule has 178 valence electrons. The van der Waals surface area contributed by atoms with E-state index in [1.807, 2.05) is 19.1 Å². The lowest BCUT2D eigenvalue weighted by molar-refractivity contribution is 0.101. The fourth-order valence-electron chi connectivity index (χ4n) is 5.26. The number of carbonyl (C=O) groups excluding carboxylic acids is 1. The Bertz CT molecular complexity index is 1270. The number of hydrogen-bond acceptors (Lipinski definition) is 7. The molecule has 0 radical (unpaired) electrons. The Balaban J connectivity index is 1.48. The number of pyridine rings is 1. The van der Waals surface area contributed by atoms with Gasteiger partial charge in [-0.1, -0.05) is 12.8 Å². The Kier molecular flexibility index (Phi) is 6.08. The van der Waals surface area contributed by atoms with E-state index in [0.717, 1.165) is 62.9 Å². The number of fused-ring (bicyclic) bond motifs is 1. The van der Waals surface area contributed by atoms with Crippen molar-refractivity contribution in [1.82, 2.24) is 19.4 Å². The van der Waals surface area contributed by atoms with Gasteiger partial charge in [0.05, 0.1) is 5.56 Å². The number of nitrogens with one attached hydrogen (secondary N) is 1. The van der Waals surface area contributed by atoms with Crippen LogP contribution < -0.4 is 15.8 Å². The van der Waals surface area contributed by atoms with Crippen LogP contribution in [0.1, 0.15) is 54.6 Å². The van der Waals surface area contributed by atoms with E-state index in [2.05, 4.69) is 39.3 Å². The highest BCUT2D eigenvalue weighted by Crippen LogP contribution is 2.32. The quantitative estimate of drug-likeness (QED) is 0.578. The predicted octanol–water partition coefficient (Wildman–Crippen LogP) is 3.91. The van der Waals surface area contributed by atoms with E-state index in [0.29, 0.717) is 17.2 Å². The highest BCUT2D eigenvalue weighted by Gasteiger charge is 2.25. The number of anilines is 3. The molecule has 0 unspecified atom stereocenters. The second-order valence-corrected chi connectivity index (χ2v) is 9.56. The number of piperazine rings is 1. The van der Waals surface area contributed by atoms with Crippen molar-refractivity contribution in [3.05, 3.63) is 51.9 Å². The molecule has 34 heavy (non-hydrogen) atoms. The summed E-state index contributed by atoms with van der Waals surface area (Å²) >= 11 is 0. The largest absolute Gasteiger partial charge is 0.369 e. The topological polar surface area (TPSA) is 83.4 Å². The van der Waals surface area contributed by atoms with Crippen molar-refractivity contribution in [3.8, 4) is 0 Å². The number of Topliss-reactive ketones (excluding diaryl/α,β-unsaturated/α-hetero) is 1. The fourth-order valence-corrected chi connectivity index (χ4v) is 5.26. The van der Waals surface area contributed by atoms with E-state index < -0.39 is 0 Å². The number of ketones is 1. The van der Waals surface area contributed by atoms with Crippen LogP contribution in [0.25, 0.3) is 11.0 Å². The molecule has 8 heteroatoms. The van der Waals surface area contributed by atoms with E-state index in [-0.39, 0.29) is 22.9 Å². The molecule has 0 amide bonds. The summed E-state index contributed by atoms with van der Waals surface area (Å²) in [5.41, 5.74) is 3.38. The molecule has 2 aromatic heterocycles. The van der Waals surface area contributed by atoms with Crippen LogP contribution >= 0.6 is 0 Å². The average molecular weight is 461 g/mol. The summed E-state index contributed by atoms with van der Waals surface area (Å²) in [6, 6.07) is 8.38. The third-order valence-corrected chi connectivity index (χ3v) is 7.24. The van der Waals surface area contributed by atoms with Gasteiger partial charge in [0, 0.05) is 55.2 Å². The molecule has 1 N–H and O–H groups in total. The van der Waals surface area contributed by atoms with Crippen molar-refractivity contribution in [2.75, 3.05) is 43.4 Å². The van der Waals surface area contributed by atoms with Crippen LogP contribution in [0.3, 0.4) is 0 Å². The second kappa shape index (κ2) is 9.18. The molecule has 3 heterocycles. The van der Waals surface area contributed by atoms with E-state index in [9.17, 15) is 9.59 Å². The van der Waals surface area contributed by atoms with Crippen LogP contribution in [-0.2, 0) is 0 Å². The number of likely N-dealkylation sites (N-methyl/N-ethyl adjacent to an activating group) is 1. The zero-order chi connectivity index (χ0) is 23.8. The lowest BCUT2D eigenvalue weighted by atomic mass is 10.0. The van der Waals surface area contributed by atoms with Gasteiger partial charge in [0.2, 0.25) is 5.95 Å². The Morgan fingerprint density at radius 1 is 1.06 bits per heavy atom. The van der Waals surface area contributed by atoms with Crippen molar-refractivity contribution in [1.29, 1.82) is 0 Å². The molecule has 1 aromatic carbocycles. The zero-order valence-electron chi connectivity index (χ0n) is 20.2. The van der Waals surface area contributed by atoms with Crippen LogP contribution in [0, 0.1) is 6.92 Å². The molecule has 1 aliphatic carbocycles. The maximum Gasteiger partial charge on any atom is 0.263 e. The first-order valence-electron chi connectivity index (χ1n) is 12.2. The summed E-state index contributed by atoms with van der Waals surface area (Å²) < 4.78 is 1.75. The third-order valence-electron chi connectivity index (χ3n) is 7.24. The van der Waals surface area contributed by atoms with E-state index in [1.54, 1.807) is 10.8 Å². The first-order valence-corrected chi connectivity index (χ1v) is 12.2. The van der Waals surface area contributed by atoms with Crippen molar-refractivity contribution < 1.29 is 4.79 Å². The molecule has 1 saturated heterocycles. The van der Waals surface area contributed by atoms with Gasteiger partial charge >= 0.3 is 0 Å². The van der Waals surface area contributed by atoms with Gasteiger partial charge in [0.25, 0.3) is 5.56 Å². The molecular weight excluding hydrogens is 428 g/mol. The highest BCUT2D eigenvalue weighted by atomic mass is 16.1. The number of carbonyl (C=O) groups is 1. The molecule has 8 nitrogen and oxygen atoms in total. The van der Waals surface area contributed by atoms with Gasteiger partial charge < -0.3 is 15.1 Å². The fraction of sp³-hybridized carbons (Fsp3) is 0.462. The maximum absolute atomic E-state index is 13.4. The van der Waals surface area contributed by atoms with Crippen LogP contribution in [-0.4, -0.2) is 58.4 Å². The Morgan fingerprint density at radius 2 is 1.74 bits per heavy atom. The summed E-state index contributed by atoms with van der Waals surface area (Å²) in [7, 11) is 2.16. The number of hydrogen-bond donors (Lipinski definition) is 1. The molecule has 0 bridgehead atoms. The molecule has 3 aromatic rings. The van der Waals surface area contributed by atoms with Crippen LogP contribution in [0.5, 0.6) is 0 Å². The van der Waals surface area contributed by atoms with Gasteiger partial charge in [-0.05, 0) is 63.6 Å². The van der Waals surface area contributed by atoms with Gasteiger partial charge in [0.1, 0.15) is 5.65 Å². The molecule has 2 fully saturated rings. The van der Waals surface area contributed by atoms with Crippen molar-refractivity contribution >= 4 is 34.1 Å². The lowest BCUT2D eigenvalue weighted by Crippen LogP contribution is -2.44. The number of benzene rings is 1. The van der Waals surface area contributed by atoms with E-state index in [1.165, 1.54) is 12.6 Å². The Hall–Kier alpha value is -3.26. The Labute approximate surface area is 199 Å². The molecule has 1 saturated carbocycles. The highest BCUT2D eigenvalue weighted by molar-refractivity contribution is 5.99. The van der Waals surface area contributed by atoms with Gasteiger partial charge in [-0.15, -0.1) is 0 Å². The van der Waals surface area contributed by atoms with Crippen molar-refractivity contribution in [2.24, 2.45) is 0 Å². The maximum atomic E-state index is 13.4. The monoisotopic (exact) mass is 460 g/mol. The number of aromatic nitrogens is 3. The second-order valence-electron chi connectivity index (χ2n) is 9.56. The zero-order valence-corrected chi connectivity index (χ0v) is 20.2. The van der Waals surface area contributed by atoms with Gasteiger partial charge in [-0.2, -0.15) is 4.98 Å². The molecule has 2 aliphatic rings. The predicted molar refractivity (Wildman–Crippen MR) is 135 cm³/mol. The molecule has 1 aliphatic heterocycles. The van der Waals surface area contributed by atoms with Crippen LogP contribution in [0.2, 0.25) is 0 Å². The van der Waals surface area contributed by atoms with Crippen molar-refractivity contribution in [3.63, 3.8) is 0 Å². The third kappa shape index (κ3) is 4.18. The minimum atomic E-state index is -0.231. The van der Waals surface area contributed by atoms with Gasteiger partial charge in [-0.25, -0.2) is 4.98 Å². The van der Waals surface area contributed by atoms with Gasteiger partial charge in [-0.3, -0.25) is 14.2 Å². The van der Waals surface area contributed by atoms with E-state index >= 15 is 0 Å². The standard InChI is InChI=1S/C26H32N6O2/c1-17-22-16-27-26(28-19-8-10-20(11-9-19)31-14-12-30(3)13-15-31)29-24(22)32(21-6-4-5-7-21)25(34)23(17)18(2)33/h8-11,16,21H,4-7,12-15H2,1-3H3,(H,27,28,29). The van der Waals surface area contributed by atoms with E-state index in [4.69, 9.17) is 4.98 Å². The summed E-state index contributed by atoms with van der Waals surface area (Å²) in [6.45, 7) is 7.45.